The number of aryl methyl sites for hydroxylation is 1. The summed E-state index contributed by atoms with van der Waals surface area (Å²) >= 11 is 0. The molecule has 5 heterocycles. The minimum Gasteiger partial charge on any atom is -0.386 e. The molecular formula is C42H47F3N8O5. The van der Waals surface area contributed by atoms with Crippen LogP contribution in [0.3, 0.4) is 0 Å². The van der Waals surface area contributed by atoms with Gasteiger partial charge in [0.05, 0.1) is 28.2 Å². The van der Waals surface area contributed by atoms with Gasteiger partial charge < -0.3 is 15.3 Å². The number of fused-ring (bicyclic) bond motifs is 2. The van der Waals surface area contributed by atoms with Crippen LogP contribution in [0, 0.1) is 5.92 Å². The number of nitrogens with zero attached hydrogens (tertiary/aromatic N) is 6. The largest absolute Gasteiger partial charge is 0.386 e. The number of piperidine rings is 2. The molecular weight excluding hydrogens is 754 g/mol. The third kappa shape index (κ3) is 7.54. The summed E-state index contributed by atoms with van der Waals surface area (Å²) in [5, 5.41) is 21.7. The molecule has 5 aromatic rings. The van der Waals surface area contributed by atoms with E-state index in [-0.39, 0.29) is 42.7 Å². The third-order valence-corrected chi connectivity index (χ3v) is 12.2. The summed E-state index contributed by atoms with van der Waals surface area (Å²) in [6.07, 6.45) is 2.55. The van der Waals surface area contributed by atoms with Gasteiger partial charge in [-0.3, -0.25) is 33.5 Å². The van der Waals surface area contributed by atoms with E-state index < -0.39 is 47.7 Å². The molecule has 58 heavy (non-hydrogen) atoms. The summed E-state index contributed by atoms with van der Waals surface area (Å²) in [7, 11) is 1.65. The normalized spacial score (nSPS) is 23.5. The van der Waals surface area contributed by atoms with Crippen LogP contribution in [0.4, 0.5) is 18.9 Å². The minimum atomic E-state index is -2.82. The lowest BCUT2D eigenvalue weighted by molar-refractivity contribution is -0.135. The fraction of sp³-hybridized carbons (Fsp3) is 0.476. The average molecular weight is 801 g/mol. The molecule has 0 spiro atoms. The Morgan fingerprint density at radius 3 is 2.50 bits per heavy atom. The predicted octanol–water partition coefficient (Wildman–Crippen LogP) is 6.04. The number of likely N-dealkylation sites (tertiary alicyclic amines) is 1. The summed E-state index contributed by atoms with van der Waals surface area (Å²) in [6.45, 7) is 4.97. The molecule has 3 atom stereocenters. The number of anilines is 1. The van der Waals surface area contributed by atoms with Crippen molar-refractivity contribution in [1.82, 2.24) is 34.1 Å². The van der Waals surface area contributed by atoms with Crippen LogP contribution in [0.5, 0.6) is 0 Å². The van der Waals surface area contributed by atoms with Gasteiger partial charge in [0.15, 0.2) is 0 Å². The molecule has 1 saturated carbocycles. The maximum Gasteiger partial charge on any atom is 0.329 e. The number of imide groups is 1. The van der Waals surface area contributed by atoms with Crippen molar-refractivity contribution in [2.24, 2.45) is 13.0 Å². The van der Waals surface area contributed by atoms with E-state index in [2.05, 4.69) is 20.5 Å². The Bertz CT molecular complexity index is 2460. The number of pyridine rings is 1. The number of imidazole rings is 1. The molecule has 2 unspecified atom stereocenters. The number of carbonyl (C=O) groups is 3. The van der Waals surface area contributed by atoms with Gasteiger partial charge in [-0.1, -0.05) is 18.2 Å². The number of aliphatic hydroxyl groups is 1. The molecule has 16 heteroatoms. The first-order valence-electron chi connectivity index (χ1n) is 19.9. The maximum atomic E-state index is 16.2. The van der Waals surface area contributed by atoms with Gasteiger partial charge in [0, 0.05) is 55.3 Å². The van der Waals surface area contributed by atoms with E-state index in [4.69, 9.17) is 5.10 Å². The highest BCUT2D eigenvalue weighted by Crippen LogP contribution is 2.39. The lowest BCUT2D eigenvalue weighted by atomic mass is 9.83. The topological polar surface area (TPSA) is 156 Å². The fourth-order valence-electron chi connectivity index (χ4n) is 9.21. The highest BCUT2D eigenvalue weighted by atomic mass is 19.3. The van der Waals surface area contributed by atoms with E-state index in [1.54, 1.807) is 45.2 Å². The highest BCUT2D eigenvalue weighted by Gasteiger charge is 2.36. The van der Waals surface area contributed by atoms with Gasteiger partial charge >= 0.3 is 5.69 Å². The lowest BCUT2D eigenvalue weighted by Crippen LogP contribution is -2.44. The van der Waals surface area contributed by atoms with Gasteiger partial charge in [0.1, 0.15) is 23.6 Å². The molecule has 2 aromatic carbocycles. The number of amides is 3. The number of para-hydroxylation sites is 1. The van der Waals surface area contributed by atoms with E-state index >= 15 is 4.39 Å². The molecule has 8 rings (SSSR count). The zero-order valence-corrected chi connectivity index (χ0v) is 32.6. The molecule has 2 saturated heterocycles. The Morgan fingerprint density at radius 1 is 1.03 bits per heavy atom. The Hall–Kier alpha value is -5.35. The molecule has 0 bridgehead atoms. The first-order valence-corrected chi connectivity index (χ1v) is 19.9. The number of carbonyl (C=O) groups excluding carboxylic acids is 3. The number of hydrogen-bond donors (Lipinski definition) is 3. The van der Waals surface area contributed by atoms with Crippen LogP contribution in [0.1, 0.15) is 111 Å². The smallest absolute Gasteiger partial charge is 0.329 e. The molecule has 1 aliphatic carbocycles. The van der Waals surface area contributed by atoms with Crippen molar-refractivity contribution < 1.29 is 32.7 Å². The Balaban J connectivity index is 0.911. The Labute approximate surface area is 332 Å². The summed E-state index contributed by atoms with van der Waals surface area (Å²) in [5.41, 5.74) is 0.962. The van der Waals surface area contributed by atoms with Crippen molar-refractivity contribution in [3.63, 3.8) is 0 Å². The number of aromatic nitrogens is 5. The molecule has 3 aliphatic rings. The minimum absolute atomic E-state index is 0.132. The van der Waals surface area contributed by atoms with E-state index in [1.807, 2.05) is 16.9 Å². The van der Waals surface area contributed by atoms with Crippen molar-refractivity contribution in [2.45, 2.75) is 95.0 Å². The summed E-state index contributed by atoms with van der Waals surface area (Å²) < 4.78 is 47.5. The molecule has 2 aliphatic heterocycles. The zero-order chi connectivity index (χ0) is 41.0. The standard InChI is InChI=1S/C42H47F3N8O5/c1-42(2,58)28-19-32-24(18-33(28)47-39(55)31-8-5-7-30(46-31)38(44)45)21-52(49-32)25-12-10-23(11-13-25)20-51-17-16-26(29(43)22-51)27-6-4-9-34-37(27)50(3)41(57)53(34)35-14-15-36(54)48-40(35)56/h4-9,18-19,21,23,25-26,29,35,38,58H,10-17,20,22H2,1-3H3,(H,47,55)(H,48,54,56)/t23?,25?,26?,29-,35?/m0/s1. The van der Waals surface area contributed by atoms with Gasteiger partial charge in [-0.15, -0.1) is 0 Å². The summed E-state index contributed by atoms with van der Waals surface area (Å²) in [5.74, 6) is -1.56. The Morgan fingerprint density at radius 2 is 1.79 bits per heavy atom. The van der Waals surface area contributed by atoms with Crippen molar-refractivity contribution in [3.05, 3.63) is 87.7 Å². The fourth-order valence-corrected chi connectivity index (χ4v) is 9.21. The number of nitrogens with one attached hydrogen (secondary N) is 2. The van der Waals surface area contributed by atoms with Gasteiger partial charge in [0.2, 0.25) is 11.8 Å². The van der Waals surface area contributed by atoms with E-state index in [9.17, 15) is 33.1 Å². The van der Waals surface area contributed by atoms with E-state index in [0.29, 0.717) is 46.7 Å². The maximum absolute atomic E-state index is 16.2. The molecule has 3 N–H and O–H groups in total. The molecule has 306 valence electrons. The van der Waals surface area contributed by atoms with E-state index in [1.165, 1.54) is 21.3 Å². The number of hydrogen-bond acceptors (Lipinski definition) is 8. The highest BCUT2D eigenvalue weighted by molar-refractivity contribution is 6.04. The quantitative estimate of drug-likeness (QED) is 0.153. The second-order valence-electron chi connectivity index (χ2n) is 16.6. The SMILES string of the molecule is Cn1c(=O)n(C2CCC(=O)NC2=O)c2cccc(C3CCN(CC4CCC(n5cc6cc(NC(=O)c7cccc(C(F)F)n7)c(C(C)(C)O)cc6n5)CC4)C[C@@H]3F)c21. The third-order valence-electron chi connectivity index (χ3n) is 12.2. The van der Waals surface area contributed by atoms with Crippen LogP contribution in [0.2, 0.25) is 0 Å². The van der Waals surface area contributed by atoms with Crippen LogP contribution >= 0.6 is 0 Å². The average Bonchev–Trinajstić information content (AvgIpc) is 3.72. The van der Waals surface area contributed by atoms with Crippen LogP contribution in [-0.4, -0.2) is 77.4 Å². The zero-order valence-electron chi connectivity index (χ0n) is 32.6. The summed E-state index contributed by atoms with van der Waals surface area (Å²) in [6, 6.07) is 12.1. The Kier molecular flexibility index (Phi) is 10.5. The number of benzene rings is 2. The molecule has 3 amide bonds. The number of rotatable bonds is 9. The molecule has 13 nitrogen and oxygen atoms in total. The first kappa shape index (κ1) is 39.5. The van der Waals surface area contributed by atoms with Gasteiger partial charge in [-0.25, -0.2) is 22.9 Å². The number of halogens is 3. The van der Waals surface area contributed by atoms with Crippen LogP contribution in [0.15, 0.2) is 59.5 Å². The molecule has 0 radical (unpaired) electrons. The summed E-state index contributed by atoms with van der Waals surface area (Å²) in [4.78, 5) is 57.0. The lowest BCUT2D eigenvalue weighted by Gasteiger charge is -2.38. The van der Waals surface area contributed by atoms with Crippen LogP contribution in [0.25, 0.3) is 21.9 Å². The monoisotopic (exact) mass is 800 g/mol. The predicted molar refractivity (Wildman–Crippen MR) is 210 cm³/mol. The van der Waals surface area contributed by atoms with Crippen molar-refractivity contribution >= 4 is 45.3 Å². The van der Waals surface area contributed by atoms with Gasteiger partial charge in [-0.2, -0.15) is 5.10 Å². The molecule has 3 fully saturated rings. The van der Waals surface area contributed by atoms with Crippen molar-refractivity contribution in [3.8, 4) is 0 Å². The van der Waals surface area contributed by atoms with Crippen LogP contribution in [-0.2, 0) is 22.2 Å². The van der Waals surface area contributed by atoms with Crippen molar-refractivity contribution in [2.75, 3.05) is 25.0 Å². The van der Waals surface area contributed by atoms with Gasteiger partial charge in [0.25, 0.3) is 12.3 Å². The first-order chi connectivity index (χ1) is 27.7. The van der Waals surface area contributed by atoms with Crippen molar-refractivity contribution in [1.29, 1.82) is 0 Å². The second kappa shape index (κ2) is 15.4. The number of alkyl halides is 3. The van der Waals surface area contributed by atoms with E-state index in [0.717, 1.165) is 49.2 Å². The van der Waals surface area contributed by atoms with Crippen LogP contribution < -0.4 is 16.3 Å². The molecule has 3 aromatic heterocycles. The van der Waals surface area contributed by atoms with Gasteiger partial charge in [-0.05, 0) is 101 Å². The second-order valence-corrected chi connectivity index (χ2v) is 16.6.